The number of hydrogen-bond acceptors (Lipinski definition) is 5. The fourth-order valence-electron chi connectivity index (χ4n) is 8.56. The Hall–Kier alpha value is -5.77. The zero-order valence-electron chi connectivity index (χ0n) is 33.3. The molecule has 0 saturated heterocycles. The van der Waals surface area contributed by atoms with Gasteiger partial charge in [0.05, 0.1) is 28.4 Å². The summed E-state index contributed by atoms with van der Waals surface area (Å²) in [6.45, 7) is 11.4. The van der Waals surface area contributed by atoms with Crippen molar-refractivity contribution >= 4 is 62.7 Å². The summed E-state index contributed by atoms with van der Waals surface area (Å²) in [7, 11) is 1.91. The smallest absolute Gasteiger partial charge is 0.335 e. The number of carboxylic acids is 1. The van der Waals surface area contributed by atoms with E-state index >= 15 is 4.79 Å². The van der Waals surface area contributed by atoms with Crippen LogP contribution in [0.15, 0.2) is 85.1 Å². The third kappa shape index (κ3) is 6.96. The number of pyridine rings is 1. The Morgan fingerprint density at radius 3 is 2.28 bits per heavy atom. The van der Waals surface area contributed by atoms with Crippen molar-refractivity contribution in [1.82, 2.24) is 14.1 Å². The maximum atomic E-state index is 15.1. The van der Waals surface area contributed by atoms with Gasteiger partial charge in [0.15, 0.2) is 0 Å². The molecule has 0 unspecified atom stereocenters. The van der Waals surface area contributed by atoms with Crippen molar-refractivity contribution in [3.05, 3.63) is 140 Å². The van der Waals surface area contributed by atoms with Crippen LogP contribution in [0.1, 0.15) is 73.7 Å². The van der Waals surface area contributed by atoms with Crippen molar-refractivity contribution < 1.29 is 24.2 Å². The lowest BCUT2D eigenvalue weighted by Gasteiger charge is -2.34. The summed E-state index contributed by atoms with van der Waals surface area (Å²) >= 11 is 13.7. The number of carbonyl (C=O) groups is 2. The number of nitrogens with zero attached hydrogens (tertiary/aromatic N) is 4. The molecule has 3 aromatic heterocycles. The fraction of sp³-hybridized carbons (Fsp3) is 0.255. The number of anilines is 1. The minimum absolute atomic E-state index is 0.132. The van der Waals surface area contributed by atoms with Gasteiger partial charge in [-0.2, -0.15) is 0 Å². The number of carboxylic acid groups (broad SMARTS) is 1. The van der Waals surface area contributed by atoms with Gasteiger partial charge in [0, 0.05) is 52.7 Å². The first-order chi connectivity index (χ1) is 27.8. The third-order valence-corrected chi connectivity index (χ3v) is 12.1. The summed E-state index contributed by atoms with van der Waals surface area (Å²) in [4.78, 5) is 33.2. The van der Waals surface area contributed by atoms with Crippen molar-refractivity contribution in [2.45, 2.75) is 60.1 Å². The van der Waals surface area contributed by atoms with E-state index in [0.717, 1.165) is 83.0 Å². The van der Waals surface area contributed by atoms with E-state index in [-0.39, 0.29) is 17.5 Å². The third-order valence-electron chi connectivity index (χ3n) is 11.2. The van der Waals surface area contributed by atoms with Gasteiger partial charge in [0.1, 0.15) is 29.6 Å². The van der Waals surface area contributed by atoms with E-state index in [4.69, 9.17) is 32.7 Å². The van der Waals surface area contributed by atoms with Gasteiger partial charge >= 0.3 is 5.97 Å². The highest BCUT2D eigenvalue weighted by molar-refractivity contribution is 6.35. The minimum Gasteiger partial charge on any atom is -0.494 e. The number of ether oxygens (including phenoxy) is 2. The second-order valence-corrected chi connectivity index (χ2v) is 16.1. The number of benzene rings is 4. The molecule has 4 aromatic carbocycles. The van der Waals surface area contributed by atoms with Crippen molar-refractivity contribution in [2.24, 2.45) is 7.05 Å². The van der Waals surface area contributed by atoms with Crippen LogP contribution in [-0.4, -0.2) is 44.3 Å². The molecule has 1 aliphatic rings. The van der Waals surface area contributed by atoms with Gasteiger partial charge in [-0.3, -0.25) is 14.7 Å². The molecule has 4 heterocycles. The van der Waals surface area contributed by atoms with Crippen LogP contribution in [0.2, 0.25) is 10.0 Å². The van der Waals surface area contributed by atoms with Crippen LogP contribution in [-0.2, 0) is 20.1 Å². The van der Waals surface area contributed by atoms with Crippen LogP contribution in [0.25, 0.3) is 32.9 Å². The molecule has 9 nitrogen and oxygen atoms in total. The summed E-state index contributed by atoms with van der Waals surface area (Å²) in [6, 6.07) is 24.5. The highest BCUT2D eigenvalue weighted by atomic mass is 35.5. The van der Waals surface area contributed by atoms with E-state index in [0.29, 0.717) is 49.1 Å². The lowest BCUT2D eigenvalue weighted by atomic mass is 9.93. The van der Waals surface area contributed by atoms with Crippen LogP contribution in [0.4, 0.5) is 5.82 Å². The maximum absolute atomic E-state index is 15.1. The molecule has 8 rings (SSSR count). The van der Waals surface area contributed by atoms with Gasteiger partial charge < -0.3 is 23.7 Å². The zero-order valence-corrected chi connectivity index (χ0v) is 34.8. The second-order valence-electron chi connectivity index (χ2n) is 15.3. The molecule has 11 heteroatoms. The predicted molar refractivity (Wildman–Crippen MR) is 231 cm³/mol. The number of rotatable bonds is 11. The highest BCUT2D eigenvalue weighted by Crippen LogP contribution is 2.46. The summed E-state index contributed by atoms with van der Waals surface area (Å²) in [6.07, 6.45) is 2.98. The number of carbonyl (C=O) groups excluding carboxylic acids is 1. The Labute approximate surface area is 347 Å². The molecule has 0 saturated carbocycles. The highest BCUT2D eigenvalue weighted by Gasteiger charge is 2.37. The van der Waals surface area contributed by atoms with Crippen molar-refractivity contribution in [2.75, 3.05) is 18.1 Å². The molecule has 1 amide bonds. The number of amides is 1. The molecule has 58 heavy (non-hydrogen) atoms. The van der Waals surface area contributed by atoms with Crippen molar-refractivity contribution in [3.63, 3.8) is 0 Å². The molecule has 0 bridgehead atoms. The lowest BCUT2D eigenvalue weighted by Crippen LogP contribution is -2.43. The van der Waals surface area contributed by atoms with E-state index in [1.54, 1.807) is 24.4 Å². The van der Waals surface area contributed by atoms with E-state index in [1.165, 1.54) is 0 Å². The molecule has 7 aromatic rings. The quantitative estimate of drug-likeness (QED) is 0.131. The summed E-state index contributed by atoms with van der Waals surface area (Å²) in [5.74, 6) is 1.06. The molecule has 296 valence electrons. The second kappa shape index (κ2) is 15.5. The molecule has 0 fully saturated rings. The monoisotopic (exact) mass is 814 g/mol. The normalized spacial score (nSPS) is 14.0. The first kappa shape index (κ1) is 39.1. The average Bonchev–Trinajstić information content (AvgIpc) is 3.71. The molecular weight excluding hydrogens is 771 g/mol. The molecule has 1 atom stereocenters. The molecule has 0 aliphatic carbocycles. The van der Waals surface area contributed by atoms with Gasteiger partial charge in [-0.05, 0) is 148 Å². The van der Waals surface area contributed by atoms with Gasteiger partial charge in [-0.15, -0.1) is 0 Å². The van der Waals surface area contributed by atoms with Gasteiger partial charge in [0.25, 0.3) is 5.91 Å². The summed E-state index contributed by atoms with van der Waals surface area (Å²) < 4.78 is 16.6. The van der Waals surface area contributed by atoms with E-state index in [2.05, 4.69) is 30.3 Å². The minimum atomic E-state index is -0.999. The van der Waals surface area contributed by atoms with Crippen LogP contribution in [0.3, 0.4) is 0 Å². The Morgan fingerprint density at radius 2 is 1.59 bits per heavy atom. The molecule has 0 spiro atoms. The van der Waals surface area contributed by atoms with E-state index < -0.39 is 5.97 Å². The zero-order chi connectivity index (χ0) is 41.0. The molecular formula is C47H44Cl2N4O5. The Bertz CT molecular complexity index is 2730. The summed E-state index contributed by atoms with van der Waals surface area (Å²) in [5, 5.41) is 12.7. The predicted octanol–water partition coefficient (Wildman–Crippen LogP) is 11.2. The van der Waals surface area contributed by atoms with Crippen molar-refractivity contribution in [1.29, 1.82) is 0 Å². The van der Waals surface area contributed by atoms with Crippen LogP contribution in [0, 0.1) is 27.7 Å². The Kier molecular flexibility index (Phi) is 10.5. The number of halogens is 2. The fourth-order valence-corrected chi connectivity index (χ4v) is 8.92. The first-order valence-electron chi connectivity index (χ1n) is 19.4. The number of hydrogen-bond donors (Lipinski definition) is 1. The Balaban J connectivity index is 1.23. The largest absolute Gasteiger partial charge is 0.494 e. The lowest BCUT2D eigenvalue weighted by molar-refractivity contribution is 0.0696. The van der Waals surface area contributed by atoms with Gasteiger partial charge in [-0.25, -0.2) is 4.79 Å². The first-order valence-corrected chi connectivity index (χ1v) is 20.1. The number of aromatic nitrogens is 3. The molecule has 1 aliphatic heterocycles. The van der Waals surface area contributed by atoms with E-state index in [1.807, 2.05) is 91.0 Å². The average molecular weight is 816 g/mol. The molecule has 1 N–H and O–H groups in total. The number of aryl methyl sites for hydroxylation is 6. The van der Waals surface area contributed by atoms with Crippen molar-refractivity contribution in [3.8, 4) is 22.6 Å². The number of fused-ring (bicyclic) bond motifs is 4. The van der Waals surface area contributed by atoms with Crippen LogP contribution >= 0.6 is 23.2 Å². The SMILES string of the molecule is Cc1cc(OCCCc2c3n(c4c(-c5c(C)cc(OCc6ccccn6)cc5C)c(Cl)ccc24)[C@H](C)CN(c2cc4cc(C(=O)O)ccc4n2C)C3=O)cc(C)c1Cl. The summed E-state index contributed by atoms with van der Waals surface area (Å²) in [5.41, 5.74) is 10.1. The molecule has 0 radical (unpaired) electrons. The van der Waals surface area contributed by atoms with Crippen LogP contribution in [0.5, 0.6) is 11.5 Å². The van der Waals surface area contributed by atoms with Crippen LogP contribution < -0.4 is 14.4 Å². The Morgan fingerprint density at radius 1 is 0.879 bits per heavy atom. The van der Waals surface area contributed by atoms with Gasteiger partial charge in [0.2, 0.25) is 0 Å². The standard InChI is InChI=1S/C47H44Cl2N4O5/c1-26-18-35(58-25-33-10-7-8-16-50-33)19-27(2)41(26)42-38(48)14-13-37-36(11-9-17-57-34-20-28(3)43(49)29(4)21-34)45-46(54)52(24-30(5)53(45)44(37)42)40-23-32-22-31(47(55)56)12-15-39(32)51(40)6/h7-8,10,12-16,18-23,30H,9,11,17,24-25H2,1-6H3,(H,55,56)/t30-/m1/s1. The van der Waals surface area contributed by atoms with E-state index in [9.17, 15) is 9.90 Å². The maximum Gasteiger partial charge on any atom is 0.335 e. The number of aromatic carboxylic acids is 1. The topological polar surface area (TPSA) is 98.8 Å². The van der Waals surface area contributed by atoms with Gasteiger partial charge in [-0.1, -0.05) is 35.3 Å².